The van der Waals surface area contributed by atoms with Crippen LogP contribution in [-0.4, -0.2) is 23.1 Å². The fraction of sp³-hybridized carbons (Fsp3) is 0.167. The van der Waals surface area contributed by atoms with Crippen LogP contribution < -0.4 is 5.73 Å². The fourth-order valence-corrected chi connectivity index (χ4v) is 3.30. The third-order valence-electron chi connectivity index (χ3n) is 4.03. The predicted molar refractivity (Wildman–Crippen MR) is 95.7 cm³/mol. The van der Waals surface area contributed by atoms with Gasteiger partial charge in [0.1, 0.15) is 5.60 Å². The molecule has 0 fully saturated rings. The molecule has 0 aliphatic carbocycles. The maximum absolute atomic E-state index is 11.1. The minimum atomic E-state index is -4.24. The summed E-state index contributed by atoms with van der Waals surface area (Å²) in [5.74, 6) is 0. The fourth-order valence-electron chi connectivity index (χ4n) is 2.82. The van der Waals surface area contributed by atoms with Gasteiger partial charge in [0.25, 0.3) is 10.1 Å². The van der Waals surface area contributed by atoms with E-state index in [-0.39, 0.29) is 11.3 Å². The lowest BCUT2D eigenvalue weighted by molar-refractivity contribution is 0.0542. The first kappa shape index (κ1) is 17.3. The van der Waals surface area contributed by atoms with E-state index in [1.807, 2.05) is 24.3 Å². The Morgan fingerprint density at radius 2 is 1.76 bits per heavy atom. The lowest BCUT2D eigenvalue weighted by atomic mass is 9.91. The number of benzene rings is 2. The molecule has 0 saturated heterocycles. The van der Waals surface area contributed by atoms with E-state index in [2.05, 4.69) is 4.98 Å². The Balaban J connectivity index is 1.95. The second-order valence-electron chi connectivity index (χ2n) is 6.19. The molecule has 0 spiro atoms. The molecule has 130 valence electrons. The summed E-state index contributed by atoms with van der Waals surface area (Å²) < 4.78 is 31.2. The normalized spacial score (nSPS) is 14.4. The Kier molecular flexibility index (Phi) is 4.24. The van der Waals surface area contributed by atoms with Gasteiger partial charge in [-0.3, -0.25) is 4.55 Å². The molecule has 1 atom stereocenters. The third-order valence-corrected chi connectivity index (χ3v) is 4.90. The number of fused-ring (bicyclic) bond motifs is 1. The first-order valence-corrected chi connectivity index (χ1v) is 9.05. The first-order chi connectivity index (χ1) is 11.7. The van der Waals surface area contributed by atoms with Gasteiger partial charge >= 0.3 is 0 Å². The van der Waals surface area contributed by atoms with Gasteiger partial charge in [-0.15, -0.1) is 0 Å². The number of pyridine rings is 1. The molecule has 3 rings (SSSR count). The van der Waals surface area contributed by atoms with Crippen molar-refractivity contribution in [3.63, 3.8) is 0 Å². The monoisotopic (exact) mass is 358 g/mol. The number of hydrogen-bond acceptors (Lipinski definition) is 5. The molecule has 1 aromatic heterocycles. The zero-order valence-electron chi connectivity index (χ0n) is 13.5. The molecule has 0 aliphatic heterocycles. The van der Waals surface area contributed by atoms with E-state index >= 15 is 0 Å². The Hall–Kier alpha value is -2.48. The summed E-state index contributed by atoms with van der Waals surface area (Å²) in [7, 11) is -4.24. The van der Waals surface area contributed by atoms with Crippen LogP contribution >= 0.6 is 0 Å². The molecule has 0 saturated carbocycles. The van der Waals surface area contributed by atoms with Gasteiger partial charge in [-0.05, 0) is 36.8 Å². The highest BCUT2D eigenvalue weighted by molar-refractivity contribution is 7.85. The number of nitrogens with two attached hydrogens (primary N) is 1. The summed E-state index contributed by atoms with van der Waals surface area (Å²) in [4.78, 5) is 4.29. The van der Waals surface area contributed by atoms with Gasteiger partial charge < -0.3 is 10.8 Å². The molecule has 4 N–H and O–H groups in total. The van der Waals surface area contributed by atoms with E-state index in [1.54, 1.807) is 13.0 Å². The van der Waals surface area contributed by atoms with Crippen molar-refractivity contribution in [1.29, 1.82) is 0 Å². The molecule has 2 aromatic carbocycles. The highest BCUT2D eigenvalue weighted by atomic mass is 32.2. The lowest BCUT2D eigenvalue weighted by Crippen LogP contribution is -2.27. The van der Waals surface area contributed by atoms with Gasteiger partial charge in [-0.1, -0.05) is 30.3 Å². The van der Waals surface area contributed by atoms with E-state index in [0.717, 1.165) is 10.9 Å². The Morgan fingerprint density at radius 3 is 2.40 bits per heavy atom. The average molecular weight is 358 g/mol. The van der Waals surface area contributed by atoms with Crippen LogP contribution in [0.3, 0.4) is 0 Å². The van der Waals surface area contributed by atoms with Crippen molar-refractivity contribution in [2.24, 2.45) is 0 Å². The summed E-state index contributed by atoms with van der Waals surface area (Å²) in [5, 5.41) is 11.8. The van der Waals surface area contributed by atoms with Crippen molar-refractivity contribution in [3.05, 3.63) is 65.9 Å². The SMILES string of the molecule is CC(O)(Cc1ccc(S(=O)(=O)O)cc1)c1nc2ccccc2cc1N. The lowest BCUT2D eigenvalue weighted by Gasteiger charge is -2.25. The summed E-state index contributed by atoms with van der Waals surface area (Å²) in [6, 6.07) is 14.9. The van der Waals surface area contributed by atoms with Gasteiger partial charge in [0.2, 0.25) is 0 Å². The van der Waals surface area contributed by atoms with Crippen LogP contribution in [0.5, 0.6) is 0 Å². The van der Waals surface area contributed by atoms with Gasteiger partial charge in [0.05, 0.1) is 21.8 Å². The molecule has 1 heterocycles. The molecule has 6 nitrogen and oxygen atoms in total. The maximum Gasteiger partial charge on any atom is 0.294 e. The average Bonchev–Trinajstić information content (AvgIpc) is 2.53. The van der Waals surface area contributed by atoms with Crippen molar-refractivity contribution in [2.45, 2.75) is 23.8 Å². The summed E-state index contributed by atoms with van der Waals surface area (Å²) in [5.41, 5.74) is 6.90. The van der Waals surface area contributed by atoms with Gasteiger partial charge in [-0.2, -0.15) is 8.42 Å². The van der Waals surface area contributed by atoms with E-state index in [0.29, 0.717) is 16.9 Å². The van der Waals surface area contributed by atoms with Crippen LogP contribution in [-0.2, 0) is 22.1 Å². The topological polar surface area (TPSA) is 114 Å². The van der Waals surface area contributed by atoms with Crippen LogP contribution in [0.4, 0.5) is 5.69 Å². The Bertz CT molecular complexity index is 1030. The van der Waals surface area contributed by atoms with E-state index in [4.69, 9.17) is 10.3 Å². The zero-order valence-corrected chi connectivity index (χ0v) is 14.4. The number of anilines is 1. The second kappa shape index (κ2) is 6.11. The number of nitrogens with zero attached hydrogens (tertiary/aromatic N) is 1. The highest BCUT2D eigenvalue weighted by Gasteiger charge is 2.28. The highest BCUT2D eigenvalue weighted by Crippen LogP contribution is 2.30. The summed E-state index contributed by atoms with van der Waals surface area (Å²) in [6.07, 6.45) is 0.189. The third kappa shape index (κ3) is 3.63. The zero-order chi connectivity index (χ0) is 18.2. The molecule has 0 radical (unpaired) electrons. The van der Waals surface area contributed by atoms with E-state index in [9.17, 15) is 13.5 Å². The number of aliphatic hydroxyl groups is 1. The molecule has 7 heteroatoms. The van der Waals surface area contributed by atoms with E-state index < -0.39 is 15.7 Å². The predicted octanol–water partition coefficient (Wildman–Crippen LogP) is 2.51. The number of nitrogen functional groups attached to an aromatic ring is 1. The molecular formula is C18H18N2O4S. The van der Waals surface area contributed by atoms with Gasteiger partial charge in [-0.25, -0.2) is 4.98 Å². The van der Waals surface area contributed by atoms with Crippen LogP contribution in [0, 0.1) is 0 Å². The second-order valence-corrected chi connectivity index (χ2v) is 7.61. The molecule has 25 heavy (non-hydrogen) atoms. The molecular weight excluding hydrogens is 340 g/mol. The van der Waals surface area contributed by atoms with Gasteiger partial charge in [0.15, 0.2) is 0 Å². The molecule has 1 unspecified atom stereocenters. The molecule has 3 aromatic rings. The van der Waals surface area contributed by atoms with Crippen molar-refractivity contribution in [3.8, 4) is 0 Å². The number of para-hydroxylation sites is 1. The van der Waals surface area contributed by atoms with Crippen LogP contribution in [0.25, 0.3) is 10.9 Å². The van der Waals surface area contributed by atoms with E-state index in [1.165, 1.54) is 24.3 Å². The molecule has 0 amide bonds. The maximum atomic E-state index is 11.1. The molecule has 0 aliphatic rings. The molecule has 0 bridgehead atoms. The summed E-state index contributed by atoms with van der Waals surface area (Å²) in [6.45, 7) is 1.61. The smallest absolute Gasteiger partial charge is 0.294 e. The number of hydrogen-bond donors (Lipinski definition) is 3. The van der Waals surface area contributed by atoms with Crippen molar-refractivity contribution in [1.82, 2.24) is 4.98 Å². The largest absolute Gasteiger partial charge is 0.397 e. The van der Waals surface area contributed by atoms with Crippen molar-refractivity contribution >= 4 is 26.7 Å². The summed E-state index contributed by atoms with van der Waals surface area (Å²) >= 11 is 0. The number of rotatable bonds is 4. The number of aromatic nitrogens is 1. The Morgan fingerprint density at radius 1 is 1.12 bits per heavy atom. The Labute approximate surface area is 145 Å². The van der Waals surface area contributed by atoms with Crippen LogP contribution in [0.2, 0.25) is 0 Å². The van der Waals surface area contributed by atoms with Crippen LogP contribution in [0.1, 0.15) is 18.2 Å². The quantitative estimate of drug-likeness (QED) is 0.618. The van der Waals surface area contributed by atoms with Crippen LogP contribution in [0.15, 0.2) is 59.5 Å². The minimum absolute atomic E-state index is 0.189. The minimum Gasteiger partial charge on any atom is -0.397 e. The van der Waals surface area contributed by atoms with Crippen molar-refractivity contribution in [2.75, 3.05) is 5.73 Å². The van der Waals surface area contributed by atoms with Crippen molar-refractivity contribution < 1.29 is 18.1 Å². The first-order valence-electron chi connectivity index (χ1n) is 7.61. The van der Waals surface area contributed by atoms with Gasteiger partial charge in [0, 0.05) is 11.8 Å². The standard InChI is InChI=1S/C18H18N2O4S/c1-18(21,11-12-6-8-14(9-7-12)25(22,23)24)17-15(19)10-13-4-2-3-5-16(13)20-17/h2-10,21H,11,19H2,1H3,(H,22,23,24).